The first-order valence-corrected chi connectivity index (χ1v) is 6.28. The lowest BCUT2D eigenvalue weighted by Gasteiger charge is -2.06. The third-order valence-electron chi connectivity index (χ3n) is 2.72. The molecule has 2 heterocycles. The molecule has 0 saturated carbocycles. The first-order valence-electron chi connectivity index (χ1n) is 6.28. The number of aromatic nitrogens is 3. The van der Waals surface area contributed by atoms with Crippen molar-refractivity contribution >= 4 is 23.2 Å². The maximum atomic E-state index is 12.3. The van der Waals surface area contributed by atoms with Crippen molar-refractivity contribution < 1.29 is 27.6 Å². The molecule has 0 saturated heterocycles. The van der Waals surface area contributed by atoms with Gasteiger partial charge >= 0.3 is 17.8 Å². The zero-order valence-corrected chi connectivity index (χ0v) is 12.1. The Balaban J connectivity index is 2.26. The number of hydrogen-bond donors (Lipinski definition) is 1. The van der Waals surface area contributed by atoms with E-state index in [-0.39, 0.29) is 17.1 Å². The molecule has 0 bridgehead atoms. The normalized spacial score (nSPS) is 11.2. The van der Waals surface area contributed by atoms with Gasteiger partial charge in [0.05, 0.1) is 29.5 Å². The van der Waals surface area contributed by atoms with E-state index in [0.717, 1.165) is 31.8 Å². The Labute approximate surface area is 132 Å². The number of esters is 1. The third kappa shape index (κ3) is 4.18. The highest BCUT2D eigenvalue weighted by Crippen LogP contribution is 2.26. The summed E-state index contributed by atoms with van der Waals surface area (Å²) in [5.74, 6) is -1.06. The van der Waals surface area contributed by atoms with Gasteiger partial charge in [0, 0.05) is 18.5 Å². The van der Waals surface area contributed by atoms with Crippen LogP contribution >= 0.6 is 0 Å². The molecule has 0 aliphatic rings. The van der Waals surface area contributed by atoms with Gasteiger partial charge in [-0.25, -0.2) is 9.78 Å². The van der Waals surface area contributed by atoms with Gasteiger partial charge in [-0.3, -0.25) is 14.8 Å². The van der Waals surface area contributed by atoms with Gasteiger partial charge in [-0.1, -0.05) is 0 Å². The maximum Gasteiger partial charge on any atom is 0.408 e. The van der Waals surface area contributed by atoms with Gasteiger partial charge in [0.2, 0.25) is 5.82 Å². The Morgan fingerprint density at radius 2 is 2.17 bits per heavy atom. The third-order valence-corrected chi connectivity index (χ3v) is 2.72. The van der Waals surface area contributed by atoms with Gasteiger partial charge in [0.1, 0.15) is 6.54 Å². The molecule has 0 unspecified atom stereocenters. The number of methoxy groups -OCH3 is 1. The number of halogens is 3. The molecular formula is C12H10F3N5O4. The number of hydrogen-bond acceptors (Lipinski definition) is 7. The summed E-state index contributed by atoms with van der Waals surface area (Å²) in [6.07, 6.45) is -1.32. The fraction of sp³-hybridized carbons (Fsp3) is 0.250. The number of anilines is 2. The van der Waals surface area contributed by atoms with Crippen LogP contribution in [-0.2, 0) is 11.3 Å². The second kappa shape index (κ2) is 6.52. The van der Waals surface area contributed by atoms with Crippen LogP contribution in [0.4, 0.5) is 30.4 Å². The van der Waals surface area contributed by atoms with E-state index in [1.165, 1.54) is 0 Å². The maximum absolute atomic E-state index is 12.3. The summed E-state index contributed by atoms with van der Waals surface area (Å²) in [7, 11) is 1.11. The second-order valence-electron chi connectivity index (χ2n) is 4.51. The highest BCUT2D eigenvalue weighted by atomic mass is 19.4. The zero-order valence-electron chi connectivity index (χ0n) is 12.1. The molecule has 1 N–H and O–H groups in total. The Hall–Kier alpha value is -3.18. The van der Waals surface area contributed by atoms with Crippen molar-refractivity contribution in [1.29, 1.82) is 0 Å². The first kappa shape index (κ1) is 17.2. The van der Waals surface area contributed by atoms with Crippen molar-refractivity contribution in [2.24, 2.45) is 0 Å². The second-order valence-corrected chi connectivity index (χ2v) is 4.51. The summed E-state index contributed by atoms with van der Waals surface area (Å²) < 4.78 is 41.9. The molecule has 0 aliphatic carbocycles. The molecule has 0 fully saturated rings. The highest BCUT2D eigenvalue weighted by molar-refractivity contribution is 5.90. The van der Waals surface area contributed by atoms with Crippen LogP contribution in [0, 0.1) is 10.1 Å². The standard InChI is InChI=1S/C12H10F3N5O4/c1-24-11(21)7-2-9(20(22)23)10(16-3-7)18-8-4-17-19(5-8)6-12(13,14)15/h2-5H,6H2,1H3,(H,16,18). The molecule has 2 rings (SSSR count). The van der Waals surface area contributed by atoms with Crippen LogP contribution in [0.1, 0.15) is 10.4 Å². The average molecular weight is 345 g/mol. The number of alkyl halides is 3. The molecule has 0 aliphatic heterocycles. The van der Waals surface area contributed by atoms with Crippen LogP contribution in [0.15, 0.2) is 24.7 Å². The van der Waals surface area contributed by atoms with Gasteiger partial charge < -0.3 is 10.1 Å². The number of ether oxygens (including phenoxy) is 1. The van der Waals surface area contributed by atoms with Crippen molar-refractivity contribution in [3.8, 4) is 0 Å². The lowest BCUT2D eigenvalue weighted by atomic mass is 10.2. The van der Waals surface area contributed by atoms with Crippen LogP contribution in [0.2, 0.25) is 0 Å². The number of pyridine rings is 1. The molecule has 2 aromatic heterocycles. The van der Waals surface area contributed by atoms with Gasteiger partial charge in [-0.15, -0.1) is 0 Å². The molecule has 0 radical (unpaired) electrons. The molecule has 0 aromatic carbocycles. The lowest BCUT2D eigenvalue weighted by Crippen LogP contribution is -2.17. The summed E-state index contributed by atoms with van der Waals surface area (Å²) in [6.45, 7) is -1.30. The number of rotatable bonds is 5. The Kier molecular flexibility index (Phi) is 4.66. The van der Waals surface area contributed by atoms with Crippen molar-refractivity contribution in [2.45, 2.75) is 12.7 Å². The summed E-state index contributed by atoms with van der Waals surface area (Å²) in [5, 5.41) is 17.1. The minimum Gasteiger partial charge on any atom is -0.465 e. The first-order chi connectivity index (χ1) is 11.2. The van der Waals surface area contributed by atoms with Gasteiger partial charge in [-0.2, -0.15) is 18.3 Å². The lowest BCUT2D eigenvalue weighted by molar-refractivity contribution is -0.384. The van der Waals surface area contributed by atoms with Gasteiger partial charge in [0.15, 0.2) is 0 Å². The molecule has 128 valence electrons. The molecule has 2 aromatic rings. The van der Waals surface area contributed by atoms with E-state index in [1.807, 2.05) is 0 Å². The monoisotopic (exact) mass is 345 g/mol. The summed E-state index contributed by atoms with van der Waals surface area (Å²) in [4.78, 5) is 25.4. The summed E-state index contributed by atoms with van der Waals surface area (Å²) in [5.41, 5.74) is -0.607. The van der Waals surface area contributed by atoms with E-state index >= 15 is 0 Å². The highest BCUT2D eigenvalue weighted by Gasteiger charge is 2.28. The van der Waals surface area contributed by atoms with E-state index in [4.69, 9.17) is 0 Å². The van der Waals surface area contributed by atoms with Gasteiger partial charge in [-0.05, 0) is 0 Å². The van der Waals surface area contributed by atoms with Crippen molar-refractivity contribution in [1.82, 2.24) is 14.8 Å². The topological polar surface area (TPSA) is 112 Å². The van der Waals surface area contributed by atoms with Crippen LogP contribution in [0.25, 0.3) is 0 Å². The molecule has 0 spiro atoms. The number of nitrogens with zero attached hydrogens (tertiary/aromatic N) is 4. The number of nitro groups is 1. The largest absolute Gasteiger partial charge is 0.465 e. The molecule has 12 heteroatoms. The van der Waals surface area contributed by atoms with E-state index in [1.54, 1.807) is 0 Å². The molecule has 0 amide bonds. The van der Waals surface area contributed by atoms with E-state index in [2.05, 4.69) is 20.1 Å². The summed E-state index contributed by atoms with van der Waals surface area (Å²) in [6, 6.07) is 0.946. The SMILES string of the molecule is COC(=O)c1cnc(Nc2cnn(CC(F)(F)F)c2)c([N+](=O)[O-])c1. The minimum atomic E-state index is -4.45. The fourth-order valence-electron chi connectivity index (χ4n) is 1.75. The predicted octanol–water partition coefficient (Wildman–Crippen LogP) is 2.28. The minimum absolute atomic E-state index is 0.0701. The zero-order chi connectivity index (χ0) is 17.9. The Morgan fingerprint density at radius 1 is 1.46 bits per heavy atom. The van der Waals surface area contributed by atoms with E-state index in [0.29, 0.717) is 4.68 Å². The number of nitrogens with one attached hydrogen (secondary N) is 1. The average Bonchev–Trinajstić information content (AvgIpc) is 2.91. The van der Waals surface area contributed by atoms with Crippen LogP contribution in [-0.4, -0.2) is 38.9 Å². The summed E-state index contributed by atoms with van der Waals surface area (Å²) >= 11 is 0. The number of carbonyl (C=O) groups excluding carboxylic acids is 1. The van der Waals surface area contributed by atoms with Crippen LogP contribution in [0.5, 0.6) is 0 Å². The Morgan fingerprint density at radius 3 is 2.75 bits per heavy atom. The van der Waals surface area contributed by atoms with Crippen LogP contribution < -0.4 is 5.32 Å². The molecular weight excluding hydrogens is 335 g/mol. The molecule has 24 heavy (non-hydrogen) atoms. The van der Waals surface area contributed by atoms with E-state index in [9.17, 15) is 28.1 Å². The fourth-order valence-corrected chi connectivity index (χ4v) is 1.75. The molecule has 9 nitrogen and oxygen atoms in total. The van der Waals surface area contributed by atoms with E-state index < -0.39 is 29.3 Å². The van der Waals surface area contributed by atoms with Crippen LogP contribution in [0.3, 0.4) is 0 Å². The smallest absolute Gasteiger partial charge is 0.408 e. The quantitative estimate of drug-likeness (QED) is 0.502. The number of carbonyl (C=O) groups is 1. The van der Waals surface area contributed by atoms with Crippen molar-refractivity contribution in [2.75, 3.05) is 12.4 Å². The molecule has 0 atom stereocenters. The predicted molar refractivity (Wildman–Crippen MR) is 73.8 cm³/mol. The van der Waals surface area contributed by atoms with Gasteiger partial charge in [0.25, 0.3) is 0 Å². The Bertz CT molecular complexity index is 774. The van der Waals surface area contributed by atoms with Crippen molar-refractivity contribution in [3.63, 3.8) is 0 Å². The van der Waals surface area contributed by atoms with Crippen molar-refractivity contribution in [3.05, 3.63) is 40.3 Å².